The standard InChI is InChI=1S/C31H35NP2.C18H15P.2ClH.Ru/c1-2-23-32(24-26-33(28-15-7-3-8-16-28)29-17-9-4-10-18-29)25-27-34(30-19-11-5-12-20-30)31-21-13-6-14-22-31;1-4-10-16(11-5-1)19(17-12-6-2-7-13-17)18-14-8-3-9-15-18;;;/h3-22H,2,23-27H2,1H3;1-15H;2*1H;/q;;;;+2/p-2. The van der Waals surface area contributed by atoms with Gasteiger partial charge < -0.3 is 4.90 Å². The molecule has 7 aromatic carbocycles. The Bertz CT molecular complexity index is 1760. The molecule has 56 heavy (non-hydrogen) atoms. The van der Waals surface area contributed by atoms with E-state index in [1.807, 2.05) is 0 Å². The number of hydrogen-bond acceptors (Lipinski definition) is 1. The van der Waals surface area contributed by atoms with Crippen molar-refractivity contribution in [2.45, 2.75) is 13.3 Å². The predicted molar refractivity (Wildman–Crippen MR) is 251 cm³/mol. The molecule has 0 atom stereocenters. The van der Waals surface area contributed by atoms with Crippen LogP contribution in [-0.4, -0.2) is 36.9 Å². The molecule has 7 aromatic rings. The first kappa shape index (κ1) is 44.1. The number of hydrogen-bond donors (Lipinski definition) is 0. The fraction of sp³-hybridized carbons (Fsp3) is 0.143. The summed E-state index contributed by atoms with van der Waals surface area (Å²) >= 11 is -0.346. The Hall–Kier alpha value is -3.01. The van der Waals surface area contributed by atoms with E-state index in [4.69, 9.17) is 19.4 Å². The zero-order valence-corrected chi connectivity index (χ0v) is 37.8. The van der Waals surface area contributed by atoms with Crippen LogP contribution in [0.2, 0.25) is 0 Å². The van der Waals surface area contributed by atoms with Gasteiger partial charge in [0.15, 0.2) is 0 Å². The minimum absolute atomic E-state index is 0.344. The Morgan fingerprint density at radius 1 is 0.357 bits per heavy atom. The fourth-order valence-electron chi connectivity index (χ4n) is 6.56. The average molecular weight is 918 g/mol. The van der Waals surface area contributed by atoms with Crippen molar-refractivity contribution in [1.82, 2.24) is 4.90 Å². The summed E-state index contributed by atoms with van der Waals surface area (Å²) in [5.74, 6) is 0. The first-order valence-electron chi connectivity index (χ1n) is 19.0. The third kappa shape index (κ3) is 14.4. The second kappa shape index (κ2) is 26.1. The molecule has 7 heteroatoms. The van der Waals surface area contributed by atoms with Crippen LogP contribution in [0.4, 0.5) is 0 Å². The molecule has 0 heterocycles. The quantitative estimate of drug-likeness (QED) is 0.0732. The molecule has 0 N–H and O–H groups in total. The molecule has 0 aromatic heterocycles. The van der Waals surface area contributed by atoms with Crippen LogP contribution in [0, 0.1) is 0 Å². The molecule has 7 rings (SSSR count). The number of rotatable bonds is 15. The van der Waals surface area contributed by atoms with E-state index in [0.29, 0.717) is 0 Å². The van der Waals surface area contributed by atoms with E-state index in [9.17, 15) is 0 Å². The van der Waals surface area contributed by atoms with Gasteiger partial charge in [0, 0.05) is 13.1 Å². The van der Waals surface area contributed by atoms with E-state index < -0.39 is 7.92 Å². The largest absolute Gasteiger partial charge is 0.0622 e. The minimum atomic E-state index is -0.446. The van der Waals surface area contributed by atoms with Crippen molar-refractivity contribution < 1.29 is 15.1 Å². The molecule has 0 aliphatic rings. The van der Waals surface area contributed by atoms with Crippen molar-refractivity contribution in [1.29, 1.82) is 0 Å². The monoisotopic (exact) mass is 917 g/mol. The van der Waals surface area contributed by atoms with Crippen LogP contribution in [0.1, 0.15) is 13.3 Å². The number of nitrogens with zero attached hydrogens (tertiary/aromatic N) is 1. The van der Waals surface area contributed by atoms with Crippen LogP contribution in [0.5, 0.6) is 0 Å². The SMILES string of the molecule is CCCN(CCP(c1ccccc1)c1ccccc1)CCP(c1ccccc1)c1ccccc1.[Cl][Ru][Cl].c1ccc(P(c2ccccc2)c2ccccc2)cc1. The molecule has 0 aliphatic carbocycles. The van der Waals surface area contributed by atoms with Gasteiger partial charge in [-0.05, 0) is 86.2 Å². The third-order valence-electron chi connectivity index (χ3n) is 9.13. The van der Waals surface area contributed by atoms with Gasteiger partial charge in [0.2, 0.25) is 0 Å². The van der Waals surface area contributed by atoms with Crippen molar-refractivity contribution in [3.63, 3.8) is 0 Å². The van der Waals surface area contributed by atoms with Gasteiger partial charge in [0.25, 0.3) is 0 Å². The van der Waals surface area contributed by atoms with E-state index in [-0.39, 0.29) is 31.0 Å². The summed E-state index contributed by atoms with van der Waals surface area (Å²) in [7, 11) is 8.57. The van der Waals surface area contributed by atoms with E-state index >= 15 is 0 Å². The summed E-state index contributed by atoms with van der Waals surface area (Å²) < 4.78 is 0. The molecule has 0 aliphatic heterocycles. The Morgan fingerprint density at radius 2 is 0.571 bits per heavy atom. The molecule has 0 bridgehead atoms. The van der Waals surface area contributed by atoms with Gasteiger partial charge in [0.05, 0.1) is 0 Å². The number of benzene rings is 7. The summed E-state index contributed by atoms with van der Waals surface area (Å²) in [6.07, 6.45) is 3.61. The summed E-state index contributed by atoms with van der Waals surface area (Å²) in [6.45, 7) is 5.77. The molecule has 0 saturated heterocycles. The van der Waals surface area contributed by atoms with Gasteiger partial charge in [-0.3, -0.25) is 0 Å². The van der Waals surface area contributed by atoms with Crippen molar-refractivity contribution in [3.05, 3.63) is 212 Å². The average Bonchev–Trinajstić information content (AvgIpc) is 3.27. The fourth-order valence-corrected chi connectivity index (χ4v) is 13.6. The second-order valence-corrected chi connectivity index (χ2v) is 22.4. The molecule has 0 saturated carbocycles. The Balaban J connectivity index is 0.000000229. The molecule has 1 nitrogen and oxygen atoms in total. The number of halogens is 2. The van der Waals surface area contributed by atoms with Crippen molar-refractivity contribution in [2.75, 3.05) is 32.0 Å². The van der Waals surface area contributed by atoms with Crippen molar-refractivity contribution >= 4 is 80.3 Å². The summed E-state index contributed by atoms with van der Waals surface area (Å²) in [5.41, 5.74) is 0. The smallest absolute Gasteiger partial charge is 0.0134 e. The third-order valence-corrected chi connectivity index (χ3v) is 16.6. The molecule has 0 fully saturated rings. The predicted octanol–water partition coefficient (Wildman–Crippen LogP) is 10.8. The van der Waals surface area contributed by atoms with Gasteiger partial charge >= 0.3 is 34.5 Å². The van der Waals surface area contributed by atoms with Crippen LogP contribution in [0.25, 0.3) is 0 Å². The molecular formula is C49H50Cl2NP3Ru. The van der Waals surface area contributed by atoms with Crippen molar-refractivity contribution in [2.24, 2.45) is 0 Å². The van der Waals surface area contributed by atoms with E-state index in [2.05, 4.69) is 224 Å². The van der Waals surface area contributed by atoms with Crippen LogP contribution in [-0.2, 0) is 15.1 Å². The van der Waals surface area contributed by atoms with Gasteiger partial charge in [-0.15, -0.1) is 0 Å². The zero-order chi connectivity index (χ0) is 39.0. The molecule has 0 spiro atoms. The van der Waals surface area contributed by atoms with Crippen molar-refractivity contribution in [3.8, 4) is 0 Å². The maximum Gasteiger partial charge on any atom is -0.0134 e. The summed E-state index contributed by atoms with van der Waals surface area (Å²) in [4.78, 5) is 2.71. The van der Waals surface area contributed by atoms with E-state index in [1.165, 1.54) is 62.4 Å². The zero-order valence-electron chi connectivity index (χ0n) is 31.8. The van der Waals surface area contributed by atoms with Gasteiger partial charge in [-0.2, -0.15) is 0 Å². The first-order chi connectivity index (χ1) is 27.7. The van der Waals surface area contributed by atoms with Gasteiger partial charge in [0.1, 0.15) is 0 Å². The van der Waals surface area contributed by atoms with Gasteiger partial charge in [-0.1, -0.05) is 219 Å². The van der Waals surface area contributed by atoms with Crippen LogP contribution in [0.15, 0.2) is 212 Å². The van der Waals surface area contributed by atoms with Crippen LogP contribution < -0.4 is 37.1 Å². The second-order valence-electron chi connectivity index (χ2n) is 12.9. The van der Waals surface area contributed by atoms with E-state index in [1.54, 1.807) is 0 Å². The molecule has 0 unspecified atom stereocenters. The molecule has 0 radical (unpaired) electrons. The molecule has 288 valence electrons. The maximum atomic E-state index is 4.85. The molecule has 0 amide bonds. The van der Waals surface area contributed by atoms with Gasteiger partial charge in [-0.25, -0.2) is 0 Å². The Labute approximate surface area is 355 Å². The first-order valence-corrected chi connectivity index (χ1v) is 27.9. The normalized spacial score (nSPS) is 10.9. The molecular weight excluding hydrogens is 867 g/mol. The van der Waals surface area contributed by atoms with Crippen LogP contribution in [0.3, 0.4) is 0 Å². The topological polar surface area (TPSA) is 3.24 Å². The van der Waals surface area contributed by atoms with E-state index in [0.717, 1.165) is 13.1 Å². The summed E-state index contributed by atoms with van der Waals surface area (Å²) in [6, 6.07) is 76.8. The minimum Gasteiger partial charge on any atom is -0.0622 e. The van der Waals surface area contributed by atoms with Crippen LogP contribution >= 0.6 is 43.1 Å². The summed E-state index contributed by atoms with van der Waals surface area (Å²) in [5, 5.41) is 10.1. The Kier molecular flexibility index (Phi) is 20.5. The Morgan fingerprint density at radius 3 is 0.786 bits per heavy atom. The maximum absolute atomic E-state index is 4.85.